The molecule has 0 spiro atoms. The molecule has 2 aromatic rings. The number of allylic oxidation sites excluding steroid dienone is 2. The van der Waals surface area contributed by atoms with Crippen molar-refractivity contribution in [3.05, 3.63) is 75.9 Å². The van der Waals surface area contributed by atoms with Gasteiger partial charge >= 0.3 is 0 Å². The summed E-state index contributed by atoms with van der Waals surface area (Å²) >= 11 is 5.94. The monoisotopic (exact) mass is 283 g/mol. The second kappa shape index (κ2) is 4.62. The van der Waals surface area contributed by atoms with Gasteiger partial charge in [0.05, 0.1) is 11.3 Å². The minimum atomic E-state index is -0.324. The highest BCUT2D eigenvalue weighted by Crippen LogP contribution is 2.31. The lowest BCUT2D eigenvalue weighted by Crippen LogP contribution is -2.25. The Morgan fingerprint density at radius 2 is 1.50 bits per heavy atom. The zero-order valence-corrected chi connectivity index (χ0v) is 11.1. The molecule has 3 nitrogen and oxygen atoms in total. The molecule has 98 valence electrons. The van der Waals surface area contributed by atoms with Gasteiger partial charge in [0.25, 0.3) is 0 Å². The maximum absolute atomic E-state index is 12.6. The van der Waals surface area contributed by atoms with Gasteiger partial charge in [-0.3, -0.25) is 9.59 Å². The van der Waals surface area contributed by atoms with Crippen LogP contribution in [-0.2, 0) is 0 Å². The Bertz CT molecular complexity index is 778. The highest BCUT2D eigenvalue weighted by Gasteiger charge is 2.31. The van der Waals surface area contributed by atoms with Crippen LogP contribution in [0.25, 0.3) is 5.57 Å². The van der Waals surface area contributed by atoms with Crippen molar-refractivity contribution < 1.29 is 9.59 Å². The third-order valence-corrected chi connectivity index (χ3v) is 3.51. The van der Waals surface area contributed by atoms with Gasteiger partial charge in [-0.1, -0.05) is 48.0 Å². The predicted octanol–water partition coefficient (Wildman–Crippen LogP) is 3.09. The van der Waals surface area contributed by atoms with E-state index in [2.05, 4.69) is 0 Å². The Balaban J connectivity index is 2.24. The first-order valence-electron chi connectivity index (χ1n) is 6.03. The van der Waals surface area contributed by atoms with Gasteiger partial charge in [0.2, 0.25) is 5.78 Å². The summed E-state index contributed by atoms with van der Waals surface area (Å²) in [6.07, 6.45) is 0. The smallest absolute Gasteiger partial charge is 0.210 e. The number of rotatable bonds is 1. The normalized spacial score (nSPS) is 14.4. The minimum Gasteiger partial charge on any atom is -0.395 e. The third kappa shape index (κ3) is 1.84. The first-order chi connectivity index (χ1) is 9.59. The summed E-state index contributed by atoms with van der Waals surface area (Å²) in [7, 11) is 0. The van der Waals surface area contributed by atoms with Gasteiger partial charge in [-0.15, -0.1) is 0 Å². The van der Waals surface area contributed by atoms with Crippen LogP contribution in [0, 0.1) is 0 Å². The molecule has 0 unspecified atom stereocenters. The van der Waals surface area contributed by atoms with Crippen molar-refractivity contribution >= 4 is 28.7 Å². The van der Waals surface area contributed by atoms with Gasteiger partial charge in [-0.05, 0) is 17.7 Å². The molecule has 4 heteroatoms. The largest absolute Gasteiger partial charge is 0.395 e. The van der Waals surface area contributed by atoms with Crippen molar-refractivity contribution in [3.63, 3.8) is 0 Å². The zero-order valence-electron chi connectivity index (χ0n) is 10.4. The number of hydrogen-bond donors (Lipinski definition) is 1. The van der Waals surface area contributed by atoms with Gasteiger partial charge in [-0.2, -0.15) is 0 Å². The first-order valence-corrected chi connectivity index (χ1v) is 6.41. The van der Waals surface area contributed by atoms with Crippen LogP contribution in [0.3, 0.4) is 0 Å². The molecule has 0 bridgehead atoms. The fourth-order valence-electron chi connectivity index (χ4n) is 2.33. The number of hydrogen-bond acceptors (Lipinski definition) is 3. The number of nitrogens with two attached hydrogens (primary N) is 1. The van der Waals surface area contributed by atoms with E-state index in [-0.39, 0.29) is 22.8 Å². The van der Waals surface area contributed by atoms with Crippen LogP contribution in [-0.4, -0.2) is 11.6 Å². The van der Waals surface area contributed by atoms with Crippen molar-refractivity contribution in [2.24, 2.45) is 5.73 Å². The molecule has 2 aromatic carbocycles. The second-order valence-electron chi connectivity index (χ2n) is 4.50. The third-order valence-electron chi connectivity index (χ3n) is 3.27. The van der Waals surface area contributed by atoms with Crippen molar-refractivity contribution in [3.8, 4) is 0 Å². The first kappa shape index (κ1) is 12.6. The molecular weight excluding hydrogens is 274 g/mol. The van der Waals surface area contributed by atoms with Crippen LogP contribution in [0.4, 0.5) is 0 Å². The Kier molecular flexibility index (Phi) is 2.92. The molecule has 0 amide bonds. The summed E-state index contributed by atoms with van der Waals surface area (Å²) in [5.41, 5.74) is 7.35. The average Bonchev–Trinajstić information content (AvgIpc) is 2.45. The lowest BCUT2D eigenvalue weighted by molar-refractivity contribution is 0.0990. The van der Waals surface area contributed by atoms with Crippen molar-refractivity contribution in [2.75, 3.05) is 0 Å². The van der Waals surface area contributed by atoms with Gasteiger partial charge < -0.3 is 5.73 Å². The molecule has 3 rings (SSSR count). The average molecular weight is 284 g/mol. The summed E-state index contributed by atoms with van der Waals surface area (Å²) in [6.45, 7) is 0. The van der Waals surface area contributed by atoms with E-state index in [4.69, 9.17) is 17.3 Å². The second-order valence-corrected chi connectivity index (χ2v) is 4.94. The quantitative estimate of drug-likeness (QED) is 0.875. The Morgan fingerprint density at radius 3 is 2.15 bits per heavy atom. The van der Waals surface area contributed by atoms with Crippen LogP contribution >= 0.6 is 11.6 Å². The number of benzene rings is 2. The van der Waals surface area contributed by atoms with E-state index in [1.165, 1.54) is 0 Å². The predicted molar refractivity (Wildman–Crippen MR) is 77.7 cm³/mol. The number of carbonyl (C=O) groups is 2. The molecule has 2 N–H and O–H groups in total. The molecule has 1 aliphatic rings. The van der Waals surface area contributed by atoms with Crippen LogP contribution < -0.4 is 5.73 Å². The SMILES string of the molecule is NC1=C(c2cccc(Cl)c2)C(=O)c2ccccc2C1=O. The number of Topliss-reactive ketones (excluding diaryl/α,β-unsaturated/α-hetero) is 2. The van der Waals surface area contributed by atoms with E-state index in [1.807, 2.05) is 0 Å². The van der Waals surface area contributed by atoms with Crippen LogP contribution in [0.1, 0.15) is 26.3 Å². The molecule has 0 heterocycles. The minimum absolute atomic E-state index is 0.0315. The van der Waals surface area contributed by atoms with Crippen LogP contribution in [0.5, 0.6) is 0 Å². The van der Waals surface area contributed by atoms with E-state index >= 15 is 0 Å². The highest BCUT2D eigenvalue weighted by atomic mass is 35.5. The molecule has 0 saturated carbocycles. The molecule has 0 aromatic heterocycles. The number of carbonyl (C=O) groups excluding carboxylic acids is 2. The topological polar surface area (TPSA) is 60.2 Å². The number of fused-ring (bicyclic) bond motifs is 1. The maximum Gasteiger partial charge on any atom is 0.210 e. The highest BCUT2D eigenvalue weighted by molar-refractivity contribution is 6.40. The lowest BCUT2D eigenvalue weighted by atomic mass is 9.84. The summed E-state index contributed by atoms with van der Waals surface area (Å²) in [5.74, 6) is -0.574. The standard InChI is InChI=1S/C16H10ClNO2/c17-10-5-3-4-9(8-10)13-14(18)16(20)12-7-2-1-6-11(12)15(13)19/h1-8H,18H2. The fraction of sp³-hybridized carbons (Fsp3) is 0. The van der Waals surface area contributed by atoms with E-state index in [9.17, 15) is 9.59 Å². The zero-order chi connectivity index (χ0) is 14.3. The summed E-state index contributed by atoms with van der Waals surface area (Å²) in [6, 6.07) is 13.4. The van der Waals surface area contributed by atoms with Crippen LogP contribution in [0.2, 0.25) is 5.02 Å². The Hall–Kier alpha value is -2.39. The van der Waals surface area contributed by atoms with Crippen molar-refractivity contribution in [1.82, 2.24) is 0 Å². The lowest BCUT2D eigenvalue weighted by Gasteiger charge is -2.18. The van der Waals surface area contributed by atoms with E-state index < -0.39 is 0 Å². The van der Waals surface area contributed by atoms with E-state index in [1.54, 1.807) is 48.5 Å². The fourth-order valence-corrected chi connectivity index (χ4v) is 2.52. The van der Waals surface area contributed by atoms with Gasteiger partial charge in [0.1, 0.15) is 0 Å². The Labute approximate surface area is 120 Å². The van der Waals surface area contributed by atoms with Gasteiger partial charge in [-0.25, -0.2) is 0 Å². The molecule has 0 aliphatic heterocycles. The molecule has 0 fully saturated rings. The summed E-state index contributed by atoms with van der Waals surface area (Å²) in [4.78, 5) is 24.8. The van der Waals surface area contributed by atoms with Crippen LogP contribution in [0.15, 0.2) is 54.2 Å². The molecule has 20 heavy (non-hydrogen) atoms. The molecule has 0 atom stereocenters. The summed E-state index contributed by atoms with van der Waals surface area (Å²) in [5, 5.41) is 0.488. The van der Waals surface area contributed by atoms with Crippen molar-refractivity contribution in [2.45, 2.75) is 0 Å². The Morgan fingerprint density at radius 1 is 0.850 bits per heavy atom. The van der Waals surface area contributed by atoms with Gasteiger partial charge in [0.15, 0.2) is 5.78 Å². The van der Waals surface area contributed by atoms with Gasteiger partial charge in [0, 0.05) is 16.1 Å². The molecule has 0 saturated heterocycles. The van der Waals surface area contributed by atoms with E-state index in [0.29, 0.717) is 21.7 Å². The molecular formula is C16H10ClNO2. The number of halogens is 1. The van der Waals surface area contributed by atoms with E-state index in [0.717, 1.165) is 0 Å². The summed E-state index contributed by atoms with van der Waals surface area (Å²) < 4.78 is 0. The molecule has 0 radical (unpaired) electrons. The maximum atomic E-state index is 12.6. The number of ketones is 2. The molecule has 1 aliphatic carbocycles. The van der Waals surface area contributed by atoms with Crippen molar-refractivity contribution in [1.29, 1.82) is 0 Å².